The van der Waals surface area contributed by atoms with Crippen molar-refractivity contribution in [2.45, 2.75) is 90.5 Å². The molecule has 1 heterocycles. The van der Waals surface area contributed by atoms with Crippen LogP contribution in [0.2, 0.25) is 0 Å². The minimum Gasteiger partial charge on any atom is -0.329 e. The summed E-state index contributed by atoms with van der Waals surface area (Å²) < 4.78 is 0. The van der Waals surface area contributed by atoms with Gasteiger partial charge in [-0.05, 0) is 19.8 Å². The Balaban J connectivity index is 2.48. The van der Waals surface area contributed by atoms with Gasteiger partial charge < -0.3 is 5.73 Å². The fourth-order valence-corrected chi connectivity index (χ4v) is 4.00. The predicted octanol–water partition coefficient (Wildman–Crippen LogP) is 4.26. The highest BCUT2D eigenvalue weighted by molar-refractivity contribution is 4.89. The van der Waals surface area contributed by atoms with Crippen LogP contribution in [0.3, 0.4) is 0 Å². The monoisotopic (exact) mass is 325 g/mol. The third kappa shape index (κ3) is 8.00. The average Bonchev–Trinajstić information content (AvgIpc) is 2.57. The van der Waals surface area contributed by atoms with E-state index in [4.69, 9.17) is 5.73 Å². The molecule has 1 aliphatic rings. The first-order valence-electron chi connectivity index (χ1n) is 10.3. The normalized spacial score (nSPS) is 17.7. The first-order valence-corrected chi connectivity index (χ1v) is 10.3. The Morgan fingerprint density at radius 3 is 1.74 bits per heavy atom. The lowest BCUT2D eigenvalue weighted by Gasteiger charge is -2.46. The van der Waals surface area contributed by atoms with E-state index in [1.54, 1.807) is 0 Å². The molecule has 3 heteroatoms. The molecule has 0 aromatic rings. The minimum absolute atomic E-state index is 0.427. The summed E-state index contributed by atoms with van der Waals surface area (Å²) in [5.41, 5.74) is 6.14. The molecule has 0 radical (unpaired) electrons. The van der Waals surface area contributed by atoms with Crippen molar-refractivity contribution in [3.63, 3.8) is 0 Å². The fraction of sp³-hybridized carbons (Fsp3) is 1.00. The maximum Gasteiger partial charge on any atom is 0.0182 e. The topological polar surface area (TPSA) is 32.5 Å². The number of piperazine rings is 1. The van der Waals surface area contributed by atoms with E-state index in [1.165, 1.54) is 90.4 Å². The molecule has 0 aromatic heterocycles. The summed E-state index contributed by atoms with van der Waals surface area (Å²) in [5, 5.41) is 0. The van der Waals surface area contributed by atoms with Gasteiger partial charge in [0.05, 0.1) is 0 Å². The minimum atomic E-state index is 0.427. The second-order valence-electron chi connectivity index (χ2n) is 7.74. The first-order chi connectivity index (χ1) is 11.2. The second-order valence-corrected chi connectivity index (χ2v) is 7.74. The van der Waals surface area contributed by atoms with Gasteiger partial charge in [-0.3, -0.25) is 9.80 Å². The van der Waals surface area contributed by atoms with Gasteiger partial charge in [0.15, 0.2) is 0 Å². The maximum absolute atomic E-state index is 5.71. The van der Waals surface area contributed by atoms with E-state index in [0.717, 1.165) is 13.1 Å². The third-order valence-electron chi connectivity index (χ3n) is 5.72. The molecule has 0 bridgehead atoms. The van der Waals surface area contributed by atoms with Gasteiger partial charge in [-0.1, -0.05) is 65.2 Å². The van der Waals surface area contributed by atoms with Crippen LogP contribution in [0.25, 0.3) is 0 Å². The molecule has 0 atom stereocenters. The molecule has 23 heavy (non-hydrogen) atoms. The molecule has 0 aromatic carbocycles. The average molecular weight is 326 g/mol. The highest BCUT2D eigenvalue weighted by Crippen LogP contribution is 2.30. The molecule has 0 aliphatic carbocycles. The van der Waals surface area contributed by atoms with Crippen LogP contribution in [0.5, 0.6) is 0 Å². The zero-order chi connectivity index (χ0) is 17.0. The summed E-state index contributed by atoms with van der Waals surface area (Å²) in [6.07, 6.45) is 13.9. The Morgan fingerprint density at radius 2 is 1.30 bits per heavy atom. The fourth-order valence-electron chi connectivity index (χ4n) is 4.00. The lowest BCUT2D eigenvalue weighted by atomic mass is 9.86. The predicted molar refractivity (Wildman–Crippen MR) is 103 cm³/mol. The zero-order valence-electron chi connectivity index (χ0n) is 16.3. The van der Waals surface area contributed by atoms with Crippen molar-refractivity contribution >= 4 is 0 Å². The van der Waals surface area contributed by atoms with Crippen molar-refractivity contribution < 1.29 is 0 Å². The highest BCUT2D eigenvalue weighted by atomic mass is 15.3. The Hall–Kier alpha value is -0.120. The van der Waals surface area contributed by atoms with Crippen molar-refractivity contribution in [3.8, 4) is 0 Å². The Labute approximate surface area is 146 Å². The molecule has 2 N–H and O–H groups in total. The van der Waals surface area contributed by atoms with Gasteiger partial charge in [-0.15, -0.1) is 0 Å². The lowest BCUT2D eigenvalue weighted by molar-refractivity contribution is 0.0289. The number of hydrogen-bond acceptors (Lipinski definition) is 3. The molecule has 0 amide bonds. The number of unbranched alkanes of at least 4 members (excludes halogenated alkanes) is 6. The van der Waals surface area contributed by atoms with Gasteiger partial charge in [0.1, 0.15) is 0 Å². The van der Waals surface area contributed by atoms with Crippen molar-refractivity contribution in [1.29, 1.82) is 0 Å². The maximum atomic E-state index is 5.71. The summed E-state index contributed by atoms with van der Waals surface area (Å²) >= 11 is 0. The standard InChI is InChI=1S/C20H43N3/c1-4-6-8-10-12-20(3,13-11-9-7-5-2)23-18-16-22(15-14-21)17-19-23/h4-19,21H2,1-3H3. The van der Waals surface area contributed by atoms with Gasteiger partial charge in [-0.2, -0.15) is 0 Å². The van der Waals surface area contributed by atoms with E-state index < -0.39 is 0 Å². The van der Waals surface area contributed by atoms with Crippen LogP contribution in [0.15, 0.2) is 0 Å². The molecule has 0 spiro atoms. The third-order valence-corrected chi connectivity index (χ3v) is 5.72. The number of hydrogen-bond donors (Lipinski definition) is 1. The summed E-state index contributed by atoms with van der Waals surface area (Å²) in [4.78, 5) is 5.34. The van der Waals surface area contributed by atoms with Crippen molar-refractivity contribution in [2.24, 2.45) is 5.73 Å². The quantitative estimate of drug-likeness (QED) is 0.513. The Kier molecular flexibility index (Phi) is 11.2. The van der Waals surface area contributed by atoms with Crippen LogP contribution in [0.4, 0.5) is 0 Å². The van der Waals surface area contributed by atoms with Crippen molar-refractivity contribution in [2.75, 3.05) is 39.3 Å². The molecule has 138 valence electrons. The molecule has 3 nitrogen and oxygen atoms in total. The molecule has 0 saturated carbocycles. The zero-order valence-corrected chi connectivity index (χ0v) is 16.3. The number of nitrogens with two attached hydrogens (primary N) is 1. The van der Waals surface area contributed by atoms with Gasteiger partial charge >= 0.3 is 0 Å². The van der Waals surface area contributed by atoms with Crippen LogP contribution in [0, 0.1) is 0 Å². The lowest BCUT2D eigenvalue weighted by Crippen LogP contribution is -2.56. The van der Waals surface area contributed by atoms with Crippen LogP contribution < -0.4 is 5.73 Å². The van der Waals surface area contributed by atoms with Gasteiger partial charge in [0.2, 0.25) is 0 Å². The SMILES string of the molecule is CCCCCCC(C)(CCCCCC)N1CCN(CCN)CC1. The van der Waals surface area contributed by atoms with Crippen molar-refractivity contribution in [1.82, 2.24) is 9.80 Å². The molecular weight excluding hydrogens is 282 g/mol. The van der Waals surface area contributed by atoms with E-state index in [-0.39, 0.29) is 0 Å². The largest absolute Gasteiger partial charge is 0.329 e. The molecule has 1 rings (SSSR count). The summed E-state index contributed by atoms with van der Waals surface area (Å²) in [6, 6.07) is 0. The molecule has 1 saturated heterocycles. The summed E-state index contributed by atoms with van der Waals surface area (Å²) in [6.45, 7) is 13.9. The Bertz CT molecular complexity index is 260. The van der Waals surface area contributed by atoms with E-state index in [2.05, 4.69) is 30.6 Å². The van der Waals surface area contributed by atoms with E-state index in [9.17, 15) is 0 Å². The smallest absolute Gasteiger partial charge is 0.0182 e. The van der Waals surface area contributed by atoms with E-state index in [0.29, 0.717) is 5.54 Å². The summed E-state index contributed by atoms with van der Waals surface area (Å²) in [5.74, 6) is 0. The highest BCUT2D eigenvalue weighted by Gasteiger charge is 2.32. The van der Waals surface area contributed by atoms with Crippen LogP contribution in [-0.4, -0.2) is 54.6 Å². The second kappa shape index (κ2) is 12.3. The number of rotatable bonds is 13. The first kappa shape index (κ1) is 20.9. The van der Waals surface area contributed by atoms with Crippen LogP contribution in [0.1, 0.15) is 85.0 Å². The van der Waals surface area contributed by atoms with E-state index in [1.807, 2.05) is 0 Å². The molecular formula is C20H43N3. The Morgan fingerprint density at radius 1 is 0.783 bits per heavy atom. The van der Waals surface area contributed by atoms with Crippen LogP contribution >= 0.6 is 0 Å². The number of nitrogens with zero attached hydrogens (tertiary/aromatic N) is 2. The van der Waals surface area contributed by atoms with Gasteiger partial charge in [0.25, 0.3) is 0 Å². The van der Waals surface area contributed by atoms with E-state index >= 15 is 0 Å². The van der Waals surface area contributed by atoms with Gasteiger partial charge in [0, 0.05) is 44.8 Å². The van der Waals surface area contributed by atoms with Gasteiger partial charge in [-0.25, -0.2) is 0 Å². The van der Waals surface area contributed by atoms with Crippen LogP contribution in [-0.2, 0) is 0 Å². The molecule has 1 aliphatic heterocycles. The van der Waals surface area contributed by atoms with Crippen molar-refractivity contribution in [3.05, 3.63) is 0 Å². The summed E-state index contributed by atoms with van der Waals surface area (Å²) in [7, 11) is 0. The molecule has 1 fully saturated rings. The molecule has 0 unspecified atom stereocenters.